The van der Waals surface area contributed by atoms with Gasteiger partial charge in [-0.3, -0.25) is 4.79 Å². The van der Waals surface area contributed by atoms with Crippen molar-refractivity contribution < 1.29 is 4.79 Å². The van der Waals surface area contributed by atoms with Crippen LogP contribution in [0.25, 0.3) is 0 Å². The van der Waals surface area contributed by atoms with Crippen molar-refractivity contribution in [2.24, 2.45) is 0 Å². The molecule has 0 radical (unpaired) electrons. The third-order valence-corrected chi connectivity index (χ3v) is 3.64. The van der Waals surface area contributed by atoms with E-state index in [0.717, 1.165) is 23.9 Å². The number of aromatic nitrogens is 1. The van der Waals surface area contributed by atoms with E-state index < -0.39 is 0 Å². The molecule has 6 heteroatoms. The van der Waals surface area contributed by atoms with Gasteiger partial charge in [-0.05, 0) is 6.92 Å². The zero-order valence-corrected chi connectivity index (χ0v) is 10.3. The topological polar surface area (TPSA) is 57.3 Å². The predicted molar refractivity (Wildman–Crippen MR) is 64.9 cm³/mol. The molecule has 0 aliphatic carbocycles. The highest BCUT2D eigenvalue weighted by atomic mass is 32.1. The number of amides is 1. The Bertz CT molecular complexity index is 379. The average molecular weight is 240 g/mol. The first-order valence-electron chi connectivity index (χ1n) is 5.33. The third-order valence-electron chi connectivity index (χ3n) is 2.65. The molecule has 16 heavy (non-hydrogen) atoms. The zero-order valence-electron chi connectivity index (χ0n) is 9.49. The SMILES string of the molecule is CNC(=O)C1CNCCN1c1nc(C)cs1. The van der Waals surface area contributed by atoms with Gasteiger partial charge in [0.15, 0.2) is 5.13 Å². The van der Waals surface area contributed by atoms with E-state index in [2.05, 4.69) is 20.5 Å². The summed E-state index contributed by atoms with van der Waals surface area (Å²) in [5.74, 6) is 0.0417. The molecular weight excluding hydrogens is 224 g/mol. The summed E-state index contributed by atoms with van der Waals surface area (Å²) in [6, 6.07) is -0.149. The van der Waals surface area contributed by atoms with Gasteiger partial charge in [0.2, 0.25) is 5.91 Å². The van der Waals surface area contributed by atoms with Gasteiger partial charge >= 0.3 is 0 Å². The van der Waals surface area contributed by atoms with Gasteiger partial charge in [0.25, 0.3) is 0 Å². The maximum atomic E-state index is 11.7. The summed E-state index contributed by atoms with van der Waals surface area (Å²) in [6.07, 6.45) is 0. The average Bonchev–Trinajstić information content (AvgIpc) is 2.75. The van der Waals surface area contributed by atoms with Crippen molar-refractivity contribution in [2.75, 3.05) is 31.6 Å². The van der Waals surface area contributed by atoms with E-state index >= 15 is 0 Å². The molecule has 0 bridgehead atoms. The number of likely N-dealkylation sites (N-methyl/N-ethyl adjacent to an activating group) is 1. The second kappa shape index (κ2) is 4.80. The fourth-order valence-electron chi connectivity index (χ4n) is 1.81. The molecule has 0 aromatic carbocycles. The lowest BCUT2D eigenvalue weighted by Gasteiger charge is -2.34. The summed E-state index contributed by atoms with van der Waals surface area (Å²) >= 11 is 1.59. The molecule has 1 aromatic rings. The van der Waals surface area contributed by atoms with Crippen LogP contribution in [0.2, 0.25) is 0 Å². The maximum absolute atomic E-state index is 11.7. The molecule has 0 saturated carbocycles. The maximum Gasteiger partial charge on any atom is 0.243 e. The number of nitrogens with zero attached hydrogens (tertiary/aromatic N) is 2. The molecule has 5 nitrogen and oxygen atoms in total. The predicted octanol–water partition coefficient (Wildman–Crippen LogP) is -0.0243. The Labute approximate surface area is 98.9 Å². The lowest BCUT2D eigenvalue weighted by molar-refractivity contribution is -0.122. The third kappa shape index (κ3) is 2.17. The van der Waals surface area contributed by atoms with Gasteiger partial charge in [-0.2, -0.15) is 0 Å². The Balaban J connectivity index is 2.19. The number of thiazole rings is 1. The van der Waals surface area contributed by atoms with Crippen LogP contribution in [0.15, 0.2) is 5.38 Å². The lowest BCUT2D eigenvalue weighted by atomic mass is 10.2. The Hall–Kier alpha value is -1.14. The number of aryl methyl sites for hydroxylation is 1. The normalized spacial score (nSPS) is 20.9. The van der Waals surface area contributed by atoms with Crippen molar-refractivity contribution in [3.8, 4) is 0 Å². The van der Waals surface area contributed by atoms with E-state index in [9.17, 15) is 4.79 Å². The van der Waals surface area contributed by atoms with E-state index in [1.165, 1.54) is 0 Å². The number of carbonyl (C=O) groups excluding carboxylic acids is 1. The van der Waals surface area contributed by atoms with Gasteiger partial charge in [-0.1, -0.05) is 0 Å². The van der Waals surface area contributed by atoms with E-state index in [0.29, 0.717) is 6.54 Å². The van der Waals surface area contributed by atoms with Crippen LogP contribution < -0.4 is 15.5 Å². The second-order valence-electron chi connectivity index (χ2n) is 3.80. The Morgan fingerprint density at radius 3 is 3.19 bits per heavy atom. The van der Waals surface area contributed by atoms with Crippen LogP contribution in [0.4, 0.5) is 5.13 Å². The van der Waals surface area contributed by atoms with Crippen LogP contribution in [0.5, 0.6) is 0 Å². The smallest absolute Gasteiger partial charge is 0.243 e. The van der Waals surface area contributed by atoms with Gasteiger partial charge in [-0.15, -0.1) is 11.3 Å². The summed E-state index contributed by atoms with van der Waals surface area (Å²) in [5, 5.41) is 8.88. The standard InChI is InChI=1S/C10H16N4OS/c1-7-6-16-10(13-7)14-4-3-12-5-8(14)9(15)11-2/h6,8,12H,3-5H2,1-2H3,(H,11,15). The molecule has 1 saturated heterocycles. The number of carbonyl (C=O) groups is 1. The minimum atomic E-state index is -0.149. The van der Waals surface area contributed by atoms with E-state index in [1.807, 2.05) is 12.3 Å². The van der Waals surface area contributed by atoms with Crippen LogP contribution in [-0.2, 0) is 4.79 Å². The van der Waals surface area contributed by atoms with Crippen molar-refractivity contribution >= 4 is 22.4 Å². The Kier molecular flexibility index (Phi) is 3.40. The first kappa shape index (κ1) is 11.3. The van der Waals surface area contributed by atoms with Crippen LogP contribution >= 0.6 is 11.3 Å². The minimum absolute atomic E-state index is 0.0417. The monoisotopic (exact) mass is 240 g/mol. The van der Waals surface area contributed by atoms with Crippen LogP contribution in [0.1, 0.15) is 5.69 Å². The highest BCUT2D eigenvalue weighted by Crippen LogP contribution is 2.23. The number of rotatable bonds is 2. The molecule has 2 heterocycles. The van der Waals surface area contributed by atoms with E-state index in [1.54, 1.807) is 18.4 Å². The molecule has 88 valence electrons. The summed E-state index contributed by atoms with van der Waals surface area (Å²) in [4.78, 5) is 18.3. The molecule has 2 rings (SSSR count). The highest BCUT2D eigenvalue weighted by molar-refractivity contribution is 7.13. The molecule has 1 unspecified atom stereocenters. The molecule has 1 aromatic heterocycles. The molecule has 1 aliphatic heterocycles. The summed E-state index contributed by atoms with van der Waals surface area (Å²) in [6.45, 7) is 4.37. The van der Waals surface area contributed by atoms with Crippen molar-refractivity contribution in [2.45, 2.75) is 13.0 Å². The van der Waals surface area contributed by atoms with Crippen LogP contribution in [0.3, 0.4) is 0 Å². The Morgan fingerprint density at radius 2 is 2.56 bits per heavy atom. The molecule has 1 aliphatic rings. The summed E-state index contributed by atoms with van der Waals surface area (Å²) in [5.41, 5.74) is 1.01. The molecule has 0 spiro atoms. The van der Waals surface area contributed by atoms with Gasteiger partial charge in [0.1, 0.15) is 6.04 Å². The van der Waals surface area contributed by atoms with Crippen LogP contribution in [-0.4, -0.2) is 43.6 Å². The molecule has 1 fully saturated rings. The fraction of sp³-hybridized carbons (Fsp3) is 0.600. The number of nitrogens with one attached hydrogen (secondary N) is 2. The second-order valence-corrected chi connectivity index (χ2v) is 4.64. The number of piperazine rings is 1. The quantitative estimate of drug-likeness (QED) is 0.762. The Morgan fingerprint density at radius 1 is 1.75 bits per heavy atom. The summed E-state index contributed by atoms with van der Waals surface area (Å²) < 4.78 is 0. The largest absolute Gasteiger partial charge is 0.357 e. The zero-order chi connectivity index (χ0) is 11.5. The number of anilines is 1. The molecule has 1 amide bonds. The number of hydrogen-bond acceptors (Lipinski definition) is 5. The first-order chi connectivity index (χ1) is 7.72. The fourth-order valence-corrected chi connectivity index (χ4v) is 2.69. The summed E-state index contributed by atoms with van der Waals surface area (Å²) in [7, 11) is 1.67. The van der Waals surface area contributed by atoms with E-state index in [-0.39, 0.29) is 11.9 Å². The van der Waals surface area contributed by atoms with Crippen molar-refractivity contribution in [1.82, 2.24) is 15.6 Å². The van der Waals surface area contributed by atoms with Crippen molar-refractivity contribution in [1.29, 1.82) is 0 Å². The van der Waals surface area contributed by atoms with Crippen LogP contribution in [0, 0.1) is 6.92 Å². The van der Waals surface area contributed by atoms with Crippen molar-refractivity contribution in [3.63, 3.8) is 0 Å². The van der Waals surface area contributed by atoms with Gasteiger partial charge < -0.3 is 15.5 Å². The van der Waals surface area contributed by atoms with Gasteiger partial charge in [0.05, 0.1) is 5.69 Å². The van der Waals surface area contributed by atoms with E-state index in [4.69, 9.17) is 0 Å². The van der Waals surface area contributed by atoms with Gasteiger partial charge in [-0.25, -0.2) is 4.98 Å². The van der Waals surface area contributed by atoms with Crippen molar-refractivity contribution in [3.05, 3.63) is 11.1 Å². The first-order valence-corrected chi connectivity index (χ1v) is 6.21. The lowest BCUT2D eigenvalue weighted by Crippen LogP contribution is -2.57. The molecular formula is C10H16N4OS. The molecule has 1 atom stereocenters. The highest BCUT2D eigenvalue weighted by Gasteiger charge is 2.29. The number of hydrogen-bond donors (Lipinski definition) is 2. The minimum Gasteiger partial charge on any atom is -0.357 e. The molecule has 2 N–H and O–H groups in total. The van der Waals surface area contributed by atoms with Gasteiger partial charge in [0, 0.05) is 32.1 Å².